The van der Waals surface area contributed by atoms with Crippen LogP contribution >= 0.6 is 0 Å². The molecule has 156 valence electrons. The minimum atomic E-state index is 0.0331. The second-order valence-corrected chi connectivity index (χ2v) is 8.30. The lowest BCUT2D eigenvalue weighted by Crippen LogP contribution is -2.53. The summed E-state index contributed by atoms with van der Waals surface area (Å²) in [7, 11) is 0. The van der Waals surface area contributed by atoms with E-state index in [4.69, 9.17) is 0 Å². The highest BCUT2D eigenvalue weighted by molar-refractivity contribution is 5.97. The van der Waals surface area contributed by atoms with Crippen LogP contribution in [0.25, 0.3) is 11.0 Å². The molecule has 7 nitrogen and oxygen atoms in total. The Hall–Kier alpha value is -2.41. The van der Waals surface area contributed by atoms with Gasteiger partial charge in [0.25, 0.3) is 5.91 Å². The largest absolute Gasteiger partial charge is 0.345 e. The number of carbonyl (C=O) groups is 2. The Bertz CT molecular complexity index is 858. The van der Waals surface area contributed by atoms with Crippen LogP contribution < -0.4 is 0 Å². The molecule has 1 atom stereocenters. The van der Waals surface area contributed by atoms with Crippen molar-refractivity contribution in [1.82, 2.24) is 24.7 Å². The lowest BCUT2D eigenvalue weighted by molar-refractivity contribution is -0.132. The van der Waals surface area contributed by atoms with Gasteiger partial charge in [0.05, 0.1) is 17.4 Å². The molecule has 0 saturated carbocycles. The van der Waals surface area contributed by atoms with Crippen molar-refractivity contribution in [2.24, 2.45) is 0 Å². The lowest BCUT2D eigenvalue weighted by atomic mass is 10.0. The Balaban J connectivity index is 1.41. The molecule has 2 saturated heterocycles. The van der Waals surface area contributed by atoms with Gasteiger partial charge in [0.1, 0.15) is 0 Å². The molecule has 2 aliphatic rings. The Labute approximate surface area is 172 Å². The number of carbonyl (C=O) groups excluding carboxylic acids is 2. The molecule has 1 N–H and O–H groups in total. The van der Waals surface area contributed by atoms with E-state index in [9.17, 15) is 9.59 Å². The minimum absolute atomic E-state index is 0.0331. The Morgan fingerprint density at radius 1 is 1.17 bits per heavy atom. The second-order valence-electron chi connectivity index (χ2n) is 8.30. The summed E-state index contributed by atoms with van der Waals surface area (Å²) in [6.07, 6.45) is 7.36. The van der Waals surface area contributed by atoms with Crippen LogP contribution in [-0.4, -0.2) is 81.8 Å². The van der Waals surface area contributed by atoms with Crippen molar-refractivity contribution >= 4 is 22.8 Å². The van der Waals surface area contributed by atoms with Gasteiger partial charge in [-0.3, -0.25) is 9.59 Å². The fraction of sp³-hybridized carbons (Fsp3) is 0.591. The molecule has 0 bridgehead atoms. The van der Waals surface area contributed by atoms with Gasteiger partial charge < -0.3 is 19.7 Å². The molecule has 1 aromatic carbocycles. The number of fused-ring (bicyclic) bond motifs is 1. The molecule has 7 heteroatoms. The quantitative estimate of drug-likeness (QED) is 0.841. The maximum atomic E-state index is 13.1. The summed E-state index contributed by atoms with van der Waals surface area (Å²) in [4.78, 5) is 39.1. The first-order chi connectivity index (χ1) is 14.1. The molecule has 0 spiro atoms. The van der Waals surface area contributed by atoms with Crippen LogP contribution in [0.4, 0.5) is 0 Å². The summed E-state index contributed by atoms with van der Waals surface area (Å²) in [5.74, 6) is 0.144. The molecule has 2 fully saturated rings. The van der Waals surface area contributed by atoms with Gasteiger partial charge >= 0.3 is 0 Å². The molecule has 1 aromatic heterocycles. The molecule has 0 aliphatic carbocycles. The maximum Gasteiger partial charge on any atom is 0.254 e. The van der Waals surface area contributed by atoms with E-state index in [-0.39, 0.29) is 17.9 Å². The first-order valence-corrected chi connectivity index (χ1v) is 10.8. The van der Waals surface area contributed by atoms with Crippen molar-refractivity contribution in [2.45, 2.75) is 45.1 Å². The highest BCUT2D eigenvalue weighted by atomic mass is 16.2. The predicted molar refractivity (Wildman–Crippen MR) is 113 cm³/mol. The highest BCUT2D eigenvalue weighted by Crippen LogP contribution is 2.20. The topological polar surface area (TPSA) is 72.5 Å². The van der Waals surface area contributed by atoms with E-state index >= 15 is 0 Å². The zero-order valence-corrected chi connectivity index (χ0v) is 17.3. The third-order valence-corrected chi connectivity index (χ3v) is 6.30. The number of benzene rings is 1. The molecule has 2 aliphatic heterocycles. The first kappa shape index (κ1) is 19.9. The SMILES string of the molecule is CC(=O)N(CCN1CCCCC1)C1CCCN(C(=O)c2ccc3nc[nH]c3c2)C1. The predicted octanol–water partition coefficient (Wildman–Crippen LogP) is 2.50. The summed E-state index contributed by atoms with van der Waals surface area (Å²) in [5.41, 5.74) is 2.40. The van der Waals surface area contributed by atoms with E-state index in [0.29, 0.717) is 12.1 Å². The number of piperidine rings is 2. The van der Waals surface area contributed by atoms with Crippen molar-refractivity contribution in [2.75, 3.05) is 39.3 Å². The number of imidazole rings is 1. The van der Waals surface area contributed by atoms with E-state index < -0.39 is 0 Å². The summed E-state index contributed by atoms with van der Waals surface area (Å²) < 4.78 is 0. The van der Waals surface area contributed by atoms with Crippen molar-refractivity contribution in [1.29, 1.82) is 0 Å². The van der Waals surface area contributed by atoms with Gasteiger partial charge in [-0.15, -0.1) is 0 Å². The van der Waals surface area contributed by atoms with Crippen LogP contribution in [0.1, 0.15) is 49.4 Å². The molecular formula is C22H31N5O2. The molecule has 29 heavy (non-hydrogen) atoms. The van der Waals surface area contributed by atoms with E-state index in [2.05, 4.69) is 14.9 Å². The number of hydrogen-bond donors (Lipinski definition) is 1. The van der Waals surface area contributed by atoms with Gasteiger partial charge in [-0.05, 0) is 57.0 Å². The van der Waals surface area contributed by atoms with Crippen LogP contribution in [0, 0.1) is 0 Å². The zero-order valence-electron chi connectivity index (χ0n) is 17.3. The van der Waals surface area contributed by atoms with Gasteiger partial charge in [0, 0.05) is 44.7 Å². The smallest absolute Gasteiger partial charge is 0.254 e. The molecule has 4 rings (SSSR count). The Morgan fingerprint density at radius 2 is 2.00 bits per heavy atom. The standard InChI is InChI=1S/C22H31N5O2/c1-17(28)27(13-12-25-9-3-2-4-10-25)19-6-5-11-26(15-19)22(29)18-7-8-20-21(14-18)24-16-23-20/h7-8,14,16,19H,2-6,9-13,15H2,1H3,(H,23,24). The monoisotopic (exact) mass is 397 g/mol. The van der Waals surface area contributed by atoms with E-state index in [1.165, 1.54) is 19.3 Å². The van der Waals surface area contributed by atoms with Crippen molar-refractivity contribution in [3.63, 3.8) is 0 Å². The van der Waals surface area contributed by atoms with Crippen molar-refractivity contribution in [3.05, 3.63) is 30.1 Å². The molecule has 0 radical (unpaired) electrons. The fourth-order valence-electron chi connectivity index (χ4n) is 4.67. The average molecular weight is 398 g/mol. The summed E-state index contributed by atoms with van der Waals surface area (Å²) >= 11 is 0. The Morgan fingerprint density at radius 3 is 2.79 bits per heavy atom. The lowest BCUT2D eigenvalue weighted by Gasteiger charge is -2.40. The summed E-state index contributed by atoms with van der Waals surface area (Å²) in [6, 6.07) is 5.69. The third-order valence-electron chi connectivity index (χ3n) is 6.30. The van der Waals surface area contributed by atoms with E-state index in [1.54, 1.807) is 13.3 Å². The molecular weight excluding hydrogens is 366 g/mol. The molecule has 2 aromatic rings. The van der Waals surface area contributed by atoms with Gasteiger partial charge in [0.15, 0.2) is 0 Å². The van der Waals surface area contributed by atoms with Crippen LogP contribution in [0.15, 0.2) is 24.5 Å². The number of likely N-dealkylation sites (tertiary alicyclic amines) is 2. The Kier molecular flexibility index (Phi) is 6.13. The van der Waals surface area contributed by atoms with E-state index in [1.807, 2.05) is 28.0 Å². The number of nitrogens with one attached hydrogen (secondary N) is 1. The van der Waals surface area contributed by atoms with E-state index in [0.717, 1.165) is 56.6 Å². The van der Waals surface area contributed by atoms with Crippen LogP contribution in [0.3, 0.4) is 0 Å². The van der Waals surface area contributed by atoms with Gasteiger partial charge in [-0.25, -0.2) is 4.98 Å². The number of nitrogens with zero attached hydrogens (tertiary/aromatic N) is 4. The summed E-state index contributed by atoms with van der Waals surface area (Å²) in [6.45, 7) is 6.97. The van der Waals surface area contributed by atoms with Gasteiger partial charge in [-0.1, -0.05) is 6.42 Å². The normalized spacial score (nSPS) is 20.7. The minimum Gasteiger partial charge on any atom is -0.345 e. The maximum absolute atomic E-state index is 13.1. The fourth-order valence-corrected chi connectivity index (χ4v) is 4.67. The number of aromatic nitrogens is 2. The first-order valence-electron chi connectivity index (χ1n) is 10.8. The van der Waals surface area contributed by atoms with Gasteiger partial charge in [0.2, 0.25) is 5.91 Å². The number of aromatic amines is 1. The second kappa shape index (κ2) is 8.95. The zero-order chi connectivity index (χ0) is 20.2. The average Bonchev–Trinajstić information content (AvgIpc) is 3.22. The highest BCUT2D eigenvalue weighted by Gasteiger charge is 2.30. The molecule has 2 amide bonds. The van der Waals surface area contributed by atoms with Crippen LogP contribution in [0.2, 0.25) is 0 Å². The number of H-pyrrole nitrogens is 1. The van der Waals surface area contributed by atoms with Crippen molar-refractivity contribution < 1.29 is 9.59 Å². The molecule has 1 unspecified atom stereocenters. The molecule has 3 heterocycles. The van der Waals surface area contributed by atoms with Crippen LogP contribution in [0.5, 0.6) is 0 Å². The number of amides is 2. The number of rotatable bonds is 5. The van der Waals surface area contributed by atoms with Crippen molar-refractivity contribution in [3.8, 4) is 0 Å². The van der Waals surface area contributed by atoms with Crippen LogP contribution in [-0.2, 0) is 4.79 Å². The third kappa shape index (κ3) is 4.61. The number of hydrogen-bond acceptors (Lipinski definition) is 4. The summed E-state index contributed by atoms with van der Waals surface area (Å²) in [5, 5.41) is 0. The van der Waals surface area contributed by atoms with Gasteiger partial charge in [-0.2, -0.15) is 0 Å².